The van der Waals surface area contributed by atoms with Crippen LogP contribution in [-0.2, 0) is 27.8 Å². The minimum Gasteiger partial charge on any atom is -0.444 e. The third-order valence-electron chi connectivity index (χ3n) is 3.16. The number of carbonyl (C=O) groups is 1. The fraction of sp³-hybridized carbons (Fsp3) is 0.714. The summed E-state index contributed by atoms with van der Waals surface area (Å²) in [5.41, 5.74) is -0.0988. The van der Waals surface area contributed by atoms with E-state index in [9.17, 15) is 13.2 Å². The first-order chi connectivity index (χ1) is 10.5. The summed E-state index contributed by atoms with van der Waals surface area (Å²) in [5, 5.41) is 4.12. The second-order valence-electron chi connectivity index (χ2n) is 6.86. The van der Waals surface area contributed by atoms with Gasteiger partial charge < -0.3 is 9.64 Å². The van der Waals surface area contributed by atoms with Crippen LogP contribution < -0.4 is 4.72 Å². The molecule has 0 saturated carbocycles. The highest BCUT2D eigenvalue weighted by atomic mass is 32.2. The average molecular weight is 344 g/mol. The van der Waals surface area contributed by atoms with Crippen molar-refractivity contribution in [2.24, 2.45) is 0 Å². The smallest absolute Gasteiger partial charge is 0.410 e. The summed E-state index contributed by atoms with van der Waals surface area (Å²) in [6, 6.07) is -0.221. The molecule has 23 heavy (non-hydrogen) atoms. The quantitative estimate of drug-likeness (QED) is 0.892. The van der Waals surface area contributed by atoms with Gasteiger partial charge in [0.05, 0.1) is 25.0 Å². The Morgan fingerprint density at radius 2 is 2.00 bits per heavy atom. The zero-order chi connectivity index (χ0) is 17.4. The predicted molar refractivity (Wildman–Crippen MR) is 84.3 cm³/mol. The number of nitrogens with zero attached hydrogens (tertiary/aromatic N) is 3. The van der Waals surface area contributed by atoms with Gasteiger partial charge in [-0.05, 0) is 34.6 Å². The van der Waals surface area contributed by atoms with Crippen molar-refractivity contribution in [1.82, 2.24) is 19.4 Å². The molecule has 0 aliphatic carbocycles. The van der Waals surface area contributed by atoms with Crippen LogP contribution >= 0.6 is 0 Å². The minimum absolute atomic E-state index is 0.111. The van der Waals surface area contributed by atoms with E-state index in [0.29, 0.717) is 18.8 Å². The maximum atomic E-state index is 12.4. The zero-order valence-corrected chi connectivity index (χ0v) is 15.0. The lowest BCUT2D eigenvalue weighted by molar-refractivity contribution is 0.0192. The van der Waals surface area contributed by atoms with Gasteiger partial charge in [-0.3, -0.25) is 4.68 Å². The van der Waals surface area contributed by atoms with Crippen molar-refractivity contribution in [2.45, 2.75) is 64.2 Å². The molecule has 1 aliphatic heterocycles. The number of sulfonamides is 1. The van der Waals surface area contributed by atoms with Gasteiger partial charge in [0.2, 0.25) is 10.0 Å². The number of ether oxygens (including phenoxy) is 1. The molecule has 0 radical (unpaired) electrons. The van der Waals surface area contributed by atoms with Crippen LogP contribution in [0.25, 0.3) is 0 Å². The van der Waals surface area contributed by atoms with Gasteiger partial charge in [-0.2, -0.15) is 5.10 Å². The maximum Gasteiger partial charge on any atom is 0.410 e. The molecular weight excluding hydrogens is 320 g/mol. The first-order valence-corrected chi connectivity index (χ1v) is 9.03. The first-order valence-electron chi connectivity index (χ1n) is 7.54. The van der Waals surface area contributed by atoms with Crippen molar-refractivity contribution in [2.75, 3.05) is 6.54 Å². The van der Waals surface area contributed by atoms with Crippen molar-refractivity contribution >= 4 is 16.1 Å². The Balaban J connectivity index is 2.24. The van der Waals surface area contributed by atoms with E-state index < -0.39 is 21.7 Å². The van der Waals surface area contributed by atoms with E-state index in [1.54, 1.807) is 39.3 Å². The fourth-order valence-electron chi connectivity index (χ4n) is 2.30. The molecule has 2 heterocycles. The molecule has 130 valence electrons. The first kappa shape index (κ1) is 17.7. The highest BCUT2D eigenvalue weighted by Crippen LogP contribution is 2.22. The number of nitrogens with one attached hydrogen (secondary N) is 1. The third-order valence-corrected chi connectivity index (χ3v) is 4.87. The lowest BCUT2D eigenvalue weighted by Crippen LogP contribution is -2.42. The fourth-order valence-corrected chi connectivity index (χ4v) is 3.72. The lowest BCUT2D eigenvalue weighted by Gasteiger charge is -2.30. The topological polar surface area (TPSA) is 93.5 Å². The average Bonchev–Trinajstić information content (AvgIpc) is 2.78. The molecule has 0 bridgehead atoms. The molecule has 1 aromatic rings. The van der Waals surface area contributed by atoms with Crippen LogP contribution in [0.15, 0.2) is 11.1 Å². The van der Waals surface area contributed by atoms with E-state index in [2.05, 4.69) is 9.82 Å². The molecule has 0 saturated heterocycles. The molecule has 1 N–H and O–H groups in total. The molecule has 1 aromatic heterocycles. The van der Waals surface area contributed by atoms with Gasteiger partial charge in [-0.25, -0.2) is 17.9 Å². The SMILES string of the molecule is CC(C)NS(=O)(=O)c1cnn2c1CN(C(=O)OC(C)(C)C)CC2. The summed E-state index contributed by atoms with van der Waals surface area (Å²) in [6.07, 6.45) is 0.878. The molecule has 0 spiro atoms. The van der Waals surface area contributed by atoms with Crippen LogP contribution in [0.2, 0.25) is 0 Å². The van der Waals surface area contributed by atoms with Crippen LogP contribution in [0.5, 0.6) is 0 Å². The van der Waals surface area contributed by atoms with E-state index in [1.165, 1.54) is 11.1 Å². The largest absolute Gasteiger partial charge is 0.444 e. The summed E-state index contributed by atoms with van der Waals surface area (Å²) < 4.78 is 34.3. The van der Waals surface area contributed by atoms with Crippen molar-refractivity contribution in [3.63, 3.8) is 0 Å². The molecule has 1 aliphatic rings. The molecule has 0 fully saturated rings. The Kier molecular flexibility index (Phi) is 4.72. The highest BCUT2D eigenvalue weighted by molar-refractivity contribution is 7.89. The minimum atomic E-state index is -3.65. The molecular formula is C14H24N4O4S. The van der Waals surface area contributed by atoms with Crippen LogP contribution in [0.4, 0.5) is 4.79 Å². The molecule has 1 amide bonds. The van der Waals surface area contributed by atoms with Gasteiger partial charge in [-0.15, -0.1) is 0 Å². The van der Waals surface area contributed by atoms with Gasteiger partial charge in [0.25, 0.3) is 0 Å². The molecule has 9 heteroatoms. The standard InChI is InChI=1S/C14H24N4O4S/c1-10(2)16-23(20,21)12-8-15-18-7-6-17(9-11(12)18)13(19)22-14(3,4)5/h8,10,16H,6-7,9H2,1-5H3. The van der Waals surface area contributed by atoms with Gasteiger partial charge >= 0.3 is 6.09 Å². The number of amides is 1. The van der Waals surface area contributed by atoms with E-state index >= 15 is 0 Å². The van der Waals surface area contributed by atoms with Crippen molar-refractivity contribution in [3.8, 4) is 0 Å². The van der Waals surface area contributed by atoms with Gasteiger partial charge in [0.15, 0.2) is 0 Å². The molecule has 8 nitrogen and oxygen atoms in total. The van der Waals surface area contributed by atoms with Crippen LogP contribution in [-0.4, -0.2) is 47.4 Å². The summed E-state index contributed by atoms with van der Waals surface area (Å²) >= 11 is 0. The monoisotopic (exact) mass is 344 g/mol. The second kappa shape index (κ2) is 6.12. The van der Waals surface area contributed by atoms with Gasteiger partial charge in [0.1, 0.15) is 10.5 Å². The number of carbonyl (C=O) groups excluding carboxylic acids is 1. The Bertz CT molecular complexity index is 688. The molecule has 0 aromatic carbocycles. The Hall–Kier alpha value is -1.61. The molecule has 0 unspecified atom stereocenters. The van der Waals surface area contributed by atoms with E-state index in [0.717, 1.165) is 0 Å². The number of aromatic nitrogens is 2. The van der Waals surface area contributed by atoms with Crippen LogP contribution in [0, 0.1) is 0 Å². The third kappa shape index (κ3) is 4.23. The molecule has 0 atom stereocenters. The van der Waals surface area contributed by atoms with E-state index in [4.69, 9.17) is 4.74 Å². The van der Waals surface area contributed by atoms with E-state index in [1.807, 2.05) is 0 Å². The number of rotatable bonds is 3. The van der Waals surface area contributed by atoms with Gasteiger partial charge in [0, 0.05) is 12.6 Å². The zero-order valence-electron chi connectivity index (χ0n) is 14.2. The number of hydrogen-bond acceptors (Lipinski definition) is 5. The number of hydrogen-bond donors (Lipinski definition) is 1. The van der Waals surface area contributed by atoms with Crippen molar-refractivity contribution in [1.29, 1.82) is 0 Å². The Morgan fingerprint density at radius 3 is 2.57 bits per heavy atom. The van der Waals surface area contributed by atoms with Gasteiger partial charge in [-0.1, -0.05) is 0 Å². The molecule has 2 rings (SSSR count). The summed E-state index contributed by atoms with van der Waals surface area (Å²) in [5.74, 6) is 0. The highest BCUT2D eigenvalue weighted by Gasteiger charge is 2.31. The van der Waals surface area contributed by atoms with Crippen molar-refractivity contribution < 1.29 is 17.9 Å². The summed E-state index contributed by atoms with van der Waals surface area (Å²) in [7, 11) is -3.65. The maximum absolute atomic E-state index is 12.4. The summed E-state index contributed by atoms with van der Waals surface area (Å²) in [4.78, 5) is 13.8. The summed E-state index contributed by atoms with van der Waals surface area (Å²) in [6.45, 7) is 9.90. The van der Waals surface area contributed by atoms with Crippen molar-refractivity contribution in [3.05, 3.63) is 11.9 Å². The predicted octanol–water partition coefficient (Wildman–Crippen LogP) is 1.32. The van der Waals surface area contributed by atoms with E-state index in [-0.39, 0.29) is 17.5 Å². The van der Waals surface area contributed by atoms with Crippen LogP contribution in [0.1, 0.15) is 40.3 Å². The second-order valence-corrected chi connectivity index (χ2v) is 8.54. The lowest BCUT2D eigenvalue weighted by atomic mass is 10.2. The Labute approximate surface area is 136 Å². The van der Waals surface area contributed by atoms with Crippen LogP contribution in [0.3, 0.4) is 0 Å². The Morgan fingerprint density at radius 1 is 1.35 bits per heavy atom. The normalized spacial score (nSPS) is 15.7. The number of fused-ring (bicyclic) bond motifs is 1.